The lowest BCUT2D eigenvalue weighted by Crippen LogP contribution is -2.39. The fourth-order valence-corrected chi connectivity index (χ4v) is 3.72. The van der Waals surface area contributed by atoms with Crippen LogP contribution in [0.5, 0.6) is 0 Å². The molecule has 0 N–H and O–H groups in total. The van der Waals surface area contributed by atoms with Gasteiger partial charge in [0.2, 0.25) is 0 Å². The average Bonchev–Trinajstić information content (AvgIpc) is 2.77. The Morgan fingerprint density at radius 1 is 1.03 bits per heavy atom. The molecule has 0 aromatic heterocycles. The Morgan fingerprint density at radius 2 is 1.72 bits per heavy atom. The van der Waals surface area contributed by atoms with Gasteiger partial charge in [0.15, 0.2) is 0 Å². The van der Waals surface area contributed by atoms with Crippen LogP contribution in [0.3, 0.4) is 0 Å². The third-order valence-corrected chi connectivity index (χ3v) is 5.28. The molecule has 0 saturated carbocycles. The molecule has 0 atom stereocenters. The van der Waals surface area contributed by atoms with Crippen molar-refractivity contribution in [3.63, 3.8) is 0 Å². The number of rotatable bonds is 4. The minimum atomic E-state index is -0.696. The largest absolute Gasteiger partial charge is 0.466 e. The minimum absolute atomic E-state index is 0.0146. The Labute approximate surface area is 173 Å². The van der Waals surface area contributed by atoms with E-state index in [1.165, 1.54) is 19.1 Å². The van der Waals surface area contributed by atoms with E-state index in [2.05, 4.69) is 0 Å². The molecule has 156 valence electrons. The molecule has 2 heterocycles. The first-order chi connectivity index (χ1) is 14.0. The molecule has 1 aromatic rings. The van der Waals surface area contributed by atoms with E-state index < -0.39 is 11.9 Å². The van der Waals surface area contributed by atoms with Crippen molar-refractivity contribution in [2.75, 3.05) is 45.5 Å². The minimum Gasteiger partial charge on any atom is -0.466 e. The predicted octanol–water partition coefficient (Wildman–Crippen LogP) is 2.36. The Balaban J connectivity index is 1.94. The Hall–Kier alpha value is -2.58. The SMILES string of the molecule is COC(=O)C1=C(C(=O)OC)N(c2ccc(C(=O)N3CCCCC3)c(Cl)c2)COC1. The van der Waals surface area contributed by atoms with Crippen molar-refractivity contribution in [3.05, 3.63) is 40.1 Å². The summed E-state index contributed by atoms with van der Waals surface area (Å²) in [6.07, 6.45) is 3.09. The van der Waals surface area contributed by atoms with Gasteiger partial charge in [-0.05, 0) is 37.5 Å². The number of benzene rings is 1. The van der Waals surface area contributed by atoms with Gasteiger partial charge in [0.25, 0.3) is 5.91 Å². The van der Waals surface area contributed by atoms with Crippen molar-refractivity contribution < 1.29 is 28.6 Å². The normalized spacial score (nSPS) is 17.2. The molecule has 1 amide bonds. The summed E-state index contributed by atoms with van der Waals surface area (Å²) in [7, 11) is 2.45. The third-order valence-electron chi connectivity index (χ3n) is 4.97. The Morgan fingerprint density at radius 3 is 2.34 bits per heavy atom. The number of amides is 1. The highest BCUT2D eigenvalue weighted by Crippen LogP contribution is 2.31. The van der Waals surface area contributed by atoms with Gasteiger partial charge in [-0.25, -0.2) is 9.59 Å². The van der Waals surface area contributed by atoms with Crippen molar-refractivity contribution in [1.82, 2.24) is 4.90 Å². The zero-order valence-corrected chi connectivity index (χ0v) is 17.2. The molecule has 0 bridgehead atoms. The van der Waals surface area contributed by atoms with Gasteiger partial charge >= 0.3 is 11.9 Å². The predicted molar refractivity (Wildman–Crippen MR) is 106 cm³/mol. The van der Waals surface area contributed by atoms with Crippen LogP contribution in [0.1, 0.15) is 29.6 Å². The van der Waals surface area contributed by atoms with Gasteiger partial charge in [0.05, 0.1) is 37.0 Å². The number of hydrogen-bond acceptors (Lipinski definition) is 7. The van der Waals surface area contributed by atoms with Crippen LogP contribution in [0.2, 0.25) is 5.02 Å². The molecule has 0 unspecified atom stereocenters. The van der Waals surface area contributed by atoms with Gasteiger partial charge in [-0.1, -0.05) is 11.6 Å². The number of halogens is 1. The summed E-state index contributed by atoms with van der Waals surface area (Å²) in [6.45, 7) is 1.37. The van der Waals surface area contributed by atoms with Crippen LogP contribution >= 0.6 is 11.6 Å². The Bertz CT molecular complexity index is 847. The van der Waals surface area contributed by atoms with Crippen LogP contribution in [-0.2, 0) is 23.8 Å². The molecule has 2 aliphatic rings. The van der Waals surface area contributed by atoms with Gasteiger partial charge in [-0.3, -0.25) is 4.79 Å². The van der Waals surface area contributed by atoms with Crippen molar-refractivity contribution in [2.24, 2.45) is 0 Å². The van der Waals surface area contributed by atoms with Crippen molar-refractivity contribution in [1.29, 1.82) is 0 Å². The quantitative estimate of drug-likeness (QED) is 0.688. The van der Waals surface area contributed by atoms with Crippen LogP contribution < -0.4 is 4.90 Å². The second kappa shape index (κ2) is 9.28. The molecule has 29 heavy (non-hydrogen) atoms. The highest BCUT2D eigenvalue weighted by atomic mass is 35.5. The van der Waals surface area contributed by atoms with Gasteiger partial charge < -0.3 is 24.0 Å². The van der Waals surface area contributed by atoms with Crippen molar-refractivity contribution >= 4 is 35.1 Å². The highest BCUT2D eigenvalue weighted by molar-refractivity contribution is 6.34. The molecule has 0 aliphatic carbocycles. The molecule has 1 saturated heterocycles. The standard InChI is InChI=1S/C20H23ClN2O6/c1-27-19(25)15-11-29-12-23(17(15)20(26)28-2)13-6-7-14(16(21)10-13)18(24)22-8-4-3-5-9-22/h6-7,10H,3-5,8-9,11-12H2,1-2H3. The summed E-state index contributed by atoms with van der Waals surface area (Å²) in [5.41, 5.74) is 0.964. The summed E-state index contributed by atoms with van der Waals surface area (Å²) >= 11 is 6.41. The van der Waals surface area contributed by atoms with Crippen LogP contribution in [-0.4, -0.2) is 63.4 Å². The topological polar surface area (TPSA) is 85.4 Å². The second-order valence-corrected chi connectivity index (χ2v) is 7.14. The lowest BCUT2D eigenvalue weighted by molar-refractivity contribution is -0.140. The number of piperidine rings is 1. The van der Waals surface area contributed by atoms with E-state index in [4.69, 9.17) is 25.8 Å². The molecule has 0 spiro atoms. The van der Waals surface area contributed by atoms with Crippen LogP contribution in [0.25, 0.3) is 0 Å². The Kier molecular flexibility index (Phi) is 6.76. The van der Waals surface area contributed by atoms with Crippen LogP contribution in [0, 0.1) is 0 Å². The van der Waals surface area contributed by atoms with E-state index in [1.54, 1.807) is 23.1 Å². The van der Waals surface area contributed by atoms with Gasteiger partial charge in [0, 0.05) is 18.8 Å². The lowest BCUT2D eigenvalue weighted by Gasteiger charge is -2.32. The maximum Gasteiger partial charge on any atom is 0.355 e. The first-order valence-electron chi connectivity index (χ1n) is 9.31. The maximum atomic E-state index is 12.8. The zero-order chi connectivity index (χ0) is 21.0. The fraction of sp³-hybridized carbons (Fsp3) is 0.450. The summed E-state index contributed by atoms with van der Waals surface area (Å²) in [5, 5.41) is 0.257. The van der Waals surface area contributed by atoms with Crippen molar-refractivity contribution in [3.8, 4) is 0 Å². The third kappa shape index (κ3) is 4.38. The van der Waals surface area contributed by atoms with E-state index in [-0.39, 0.29) is 35.5 Å². The maximum absolute atomic E-state index is 12.8. The molecule has 2 aliphatic heterocycles. The first-order valence-corrected chi connectivity index (χ1v) is 9.69. The summed E-state index contributed by atoms with van der Waals surface area (Å²) < 4.78 is 15.0. The van der Waals surface area contributed by atoms with E-state index in [1.807, 2.05) is 0 Å². The molecular weight excluding hydrogens is 400 g/mol. The van der Waals surface area contributed by atoms with E-state index in [0.717, 1.165) is 19.3 Å². The molecular formula is C20H23ClN2O6. The van der Waals surface area contributed by atoms with Gasteiger partial charge in [0.1, 0.15) is 12.4 Å². The molecule has 1 aromatic carbocycles. The van der Waals surface area contributed by atoms with Gasteiger partial charge in [-0.15, -0.1) is 0 Å². The summed E-state index contributed by atoms with van der Waals surface area (Å²) in [5.74, 6) is -1.49. The number of ether oxygens (including phenoxy) is 3. The van der Waals surface area contributed by atoms with Gasteiger partial charge in [-0.2, -0.15) is 0 Å². The number of hydrogen-bond donors (Lipinski definition) is 0. The highest BCUT2D eigenvalue weighted by Gasteiger charge is 2.33. The molecule has 3 rings (SSSR count). The number of methoxy groups -OCH3 is 2. The summed E-state index contributed by atoms with van der Waals surface area (Å²) in [4.78, 5) is 40.5. The zero-order valence-electron chi connectivity index (χ0n) is 16.4. The molecule has 0 radical (unpaired) electrons. The van der Waals surface area contributed by atoms with Crippen LogP contribution in [0.15, 0.2) is 29.5 Å². The monoisotopic (exact) mass is 422 g/mol. The first kappa shape index (κ1) is 21.1. The number of nitrogens with zero attached hydrogens (tertiary/aromatic N) is 2. The smallest absolute Gasteiger partial charge is 0.355 e. The van der Waals surface area contributed by atoms with Crippen molar-refractivity contribution in [2.45, 2.75) is 19.3 Å². The van der Waals surface area contributed by atoms with Crippen LogP contribution in [0.4, 0.5) is 5.69 Å². The summed E-state index contributed by atoms with van der Waals surface area (Å²) in [6, 6.07) is 4.86. The number of anilines is 1. The number of carbonyl (C=O) groups excluding carboxylic acids is 3. The number of carbonyl (C=O) groups is 3. The molecule has 8 nitrogen and oxygen atoms in total. The van der Waals surface area contributed by atoms with E-state index in [9.17, 15) is 14.4 Å². The van der Waals surface area contributed by atoms with E-state index >= 15 is 0 Å². The molecule has 1 fully saturated rings. The molecule has 9 heteroatoms. The second-order valence-electron chi connectivity index (χ2n) is 6.73. The fourth-order valence-electron chi connectivity index (χ4n) is 3.46. The lowest BCUT2D eigenvalue weighted by atomic mass is 10.1. The average molecular weight is 423 g/mol. The van der Waals surface area contributed by atoms with E-state index in [0.29, 0.717) is 24.3 Å². The number of likely N-dealkylation sites (tertiary alicyclic amines) is 1. The number of esters is 2.